The van der Waals surface area contributed by atoms with Gasteiger partial charge in [0.2, 0.25) is 0 Å². The average molecular weight is 282 g/mol. The first-order valence-corrected chi connectivity index (χ1v) is 5.98. The van der Waals surface area contributed by atoms with E-state index in [9.17, 15) is 13.2 Å². The van der Waals surface area contributed by atoms with Gasteiger partial charge in [0.25, 0.3) is 0 Å². The lowest BCUT2D eigenvalue weighted by molar-refractivity contribution is -0.0468. The summed E-state index contributed by atoms with van der Waals surface area (Å²) >= 11 is 0. The van der Waals surface area contributed by atoms with Crippen LogP contribution in [0.4, 0.5) is 13.2 Å². The maximum absolute atomic E-state index is 13.9. The monoisotopic (exact) mass is 282 g/mol. The Bertz CT molecular complexity index is 571. The van der Waals surface area contributed by atoms with E-state index in [4.69, 9.17) is 9.84 Å². The summed E-state index contributed by atoms with van der Waals surface area (Å²) in [5, 5.41) is 8.92. The molecule has 0 aliphatic rings. The van der Waals surface area contributed by atoms with Crippen LogP contribution in [0.25, 0.3) is 0 Å². The molecule has 0 atom stereocenters. The van der Waals surface area contributed by atoms with Gasteiger partial charge in [0, 0.05) is 11.6 Å². The molecule has 0 radical (unpaired) electrons. The summed E-state index contributed by atoms with van der Waals surface area (Å²) in [5.41, 5.74) is 0.0989. The Balaban J connectivity index is 2.10. The van der Waals surface area contributed by atoms with Crippen molar-refractivity contribution in [3.8, 4) is 5.75 Å². The van der Waals surface area contributed by atoms with Crippen molar-refractivity contribution in [3.05, 3.63) is 65.5 Å². The second-order valence-electron chi connectivity index (χ2n) is 4.31. The predicted octanol–water partition coefficient (Wildman–Crippen LogP) is 3.49. The molecule has 2 aromatic carbocycles. The Morgan fingerprint density at radius 1 is 1.05 bits per heavy atom. The summed E-state index contributed by atoms with van der Waals surface area (Å²) in [6.45, 7) is -1.28. The highest BCUT2D eigenvalue weighted by Gasteiger charge is 2.32. The van der Waals surface area contributed by atoms with Crippen molar-refractivity contribution >= 4 is 0 Å². The molecule has 0 bridgehead atoms. The highest BCUT2D eigenvalue weighted by Crippen LogP contribution is 2.29. The van der Waals surface area contributed by atoms with Crippen molar-refractivity contribution in [1.29, 1.82) is 0 Å². The van der Waals surface area contributed by atoms with Gasteiger partial charge in [-0.3, -0.25) is 0 Å². The van der Waals surface area contributed by atoms with Crippen LogP contribution < -0.4 is 4.74 Å². The lowest BCUT2D eigenvalue weighted by atomic mass is 10.1. The van der Waals surface area contributed by atoms with Crippen LogP contribution in [0, 0.1) is 5.82 Å². The standard InChI is InChI=1S/C15H13F3O2/c16-13-6-11(9-19)7-14(8-13)20-10-15(17,18)12-4-2-1-3-5-12/h1-8,19H,9-10H2. The molecule has 5 heteroatoms. The van der Waals surface area contributed by atoms with Crippen LogP contribution in [0.5, 0.6) is 5.75 Å². The zero-order valence-electron chi connectivity index (χ0n) is 10.5. The molecule has 0 fully saturated rings. The molecule has 0 aromatic heterocycles. The van der Waals surface area contributed by atoms with Crippen molar-refractivity contribution in [3.63, 3.8) is 0 Å². The third-order valence-electron chi connectivity index (χ3n) is 2.73. The van der Waals surface area contributed by atoms with Crippen LogP contribution in [0.1, 0.15) is 11.1 Å². The van der Waals surface area contributed by atoms with Crippen molar-refractivity contribution in [2.45, 2.75) is 12.5 Å². The minimum atomic E-state index is -3.17. The van der Waals surface area contributed by atoms with Gasteiger partial charge in [-0.1, -0.05) is 30.3 Å². The maximum Gasteiger partial charge on any atom is 0.306 e. The number of alkyl halides is 2. The van der Waals surface area contributed by atoms with Gasteiger partial charge in [-0.2, -0.15) is 8.78 Å². The van der Waals surface area contributed by atoms with Crippen LogP contribution in [-0.2, 0) is 12.5 Å². The van der Waals surface area contributed by atoms with E-state index in [2.05, 4.69) is 0 Å². The number of benzene rings is 2. The molecule has 0 heterocycles. The number of hydrogen-bond donors (Lipinski definition) is 1. The first kappa shape index (κ1) is 14.4. The number of aliphatic hydroxyl groups excluding tert-OH is 1. The molecule has 0 spiro atoms. The van der Waals surface area contributed by atoms with E-state index in [0.29, 0.717) is 0 Å². The Kier molecular flexibility index (Phi) is 4.29. The molecule has 0 unspecified atom stereocenters. The normalized spacial score (nSPS) is 11.4. The Morgan fingerprint density at radius 3 is 2.40 bits per heavy atom. The fraction of sp³-hybridized carbons (Fsp3) is 0.200. The average Bonchev–Trinajstić information content (AvgIpc) is 2.45. The SMILES string of the molecule is OCc1cc(F)cc(OCC(F)(F)c2ccccc2)c1. The summed E-state index contributed by atoms with van der Waals surface area (Å²) < 4.78 is 45.8. The van der Waals surface area contributed by atoms with E-state index >= 15 is 0 Å². The van der Waals surface area contributed by atoms with Crippen molar-refractivity contribution in [2.24, 2.45) is 0 Å². The molecular weight excluding hydrogens is 269 g/mol. The Labute approximate surface area is 114 Å². The number of hydrogen-bond acceptors (Lipinski definition) is 2. The summed E-state index contributed by atoms with van der Waals surface area (Å²) in [4.78, 5) is 0. The molecule has 1 N–H and O–H groups in total. The molecule has 106 valence electrons. The van der Waals surface area contributed by atoms with Gasteiger partial charge >= 0.3 is 5.92 Å². The van der Waals surface area contributed by atoms with E-state index in [0.717, 1.165) is 12.1 Å². The Morgan fingerprint density at radius 2 is 1.75 bits per heavy atom. The third kappa shape index (κ3) is 3.51. The molecule has 2 aromatic rings. The van der Waals surface area contributed by atoms with E-state index in [1.54, 1.807) is 6.07 Å². The topological polar surface area (TPSA) is 29.5 Å². The molecule has 2 nitrogen and oxygen atoms in total. The quantitative estimate of drug-likeness (QED) is 0.909. The van der Waals surface area contributed by atoms with Gasteiger partial charge < -0.3 is 9.84 Å². The van der Waals surface area contributed by atoms with Crippen LogP contribution in [0.2, 0.25) is 0 Å². The maximum atomic E-state index is 13.9. The fourth-order valence-electron chi connectivity index (χ4n) is 1.73. The first-order chi connectivity index (χ1) is 9.51. The summed E-state index contributed by atoms with van der Waals surface area (Å²) in [6.07, 6.45) is 0. The van der Waals surface area contributed by atoms with E-state index in [-0.39, 0.29) is 23.5 Å². The van der Waals surface area contributed by atoms with E-state index < -0.39 is 18.3 Å². The number of ether oxygens (including phenoxy) is 1. The number of rotatable bonds is 5. The highest BCUT2D eigenvalue weighted by molar-refractivity contribution is 5.29. The molecule has 20 heavy (non-hydrogen) atoms. The molecule has 0 aliphatic heterocycles. The van der Waals surface area contributed by atoms with Gasteiger partial charge in [0.05, 0.1) is 6.61 Å². The zero-order chi connectivity index (χ0) is 14.6. The van der Waals surface area contributed by atoms with Crippen LogP contribution in [0.3, 0.4) is 0 Å². The highest BCUT2D eigenvalue weighted by atomic mass is 19.3. The molecular formula is C15H13F3O2. The molecule has 0 amide bonds. The van der Waals surface area contributed by atoms with Gasteiger partial charge in [-0.05, 0) is 17.7 Å². The predicted molar refractivity (Wildman–Crippen MR) is 68.2 cm³/mol. The van der Waals surface area contributed by atoms with Gasteiger partial charge in [0.15, 0.2) is 6.61 Å². The largest absolute Gasteiger partial charge is 0.487 e. The second-order valence-corrected chi connectivity index (χ2v) is 4.31. The summed E-state index contributed by atoms with van der Waals surface area (Å²) in [7, 11) is 0. The van der Waals surface area contributed by atoms with Crippen molar-refractivity contribution < 1.29 is 23.0 Å². The molecule has 0 aliphatic carbocycles. The fourth-order valence-corrected chi connectivity index (χ4v) is 1.73. The smallest absolute Gasteiger partial charge is 0.306 e. The van der Waals surface area contributed by atoms with E-state index in [1.807, 2.05) is 0 Å². The lowest BCUT2D eigenvalue weighted by Gasteiger charge is -2.17. The summed E-state index contributed by atoms with van der Waals surface area (Å²) in [5.74, 6) is -3.85. The molecule has 0 saturated carbocycles. The minimum Gasteiger partial charge on any atom is -0.487 e. The van der Waals surface area contributed by atoms with Crippen molar-refractivity contribution in [2.75, 3.05) is 6.61 Å². The zero-order valence-corrected chi connectivity index (χ0v) is 10.5. The van der Waals surface area contributed by atoms with E-state index in [1.165, 1.54) is 30.3 Å². The van der Waals surface area contributed by atoms with Gasteiger partial charge in [-0.15, -0.1) is 0 Å². The van der Waals surface area contributed by atoms with Crippen molar-refractivity contribution in [1.82, 2.24) is 0 Å². The second kappa shape index (κ2) is 5.96. The number of aliphatic hydroxyl groups is 1. The molecule has 2 rings (SSSR count). The first-order valence-electron chi connectivity index (χ1n) is 5.98. The summed E-state index contributed by atoms with van der Waals surface area (Å²) in [6, 6.07) is 10.7. The van der Waals surface area contributed by atoms with Gasteiger partial charge in [0.1, 0.15) is 11.6 Å². The van der Waals surface area contributed by atoms with Gasteiger partial charge in [-0.25, -0.2) is 4.39 Å². The number of halogens is 3. The van der Waals surface area contributed by atoms with Crippen LogP contribution in [-0.4, -0.2) is 11.7 Å². The third-order valence-corrected chi connectivity index (χ3v) is 2.73. The van der Waals surface area contributed by atoms with Crippen LogP contribution >= 0.6 is 0 Å². The molecule has 0 saturated heterocycles. The minimum absolute atomic E-state index is 0.0374. The lowest BCUT2D eigenvalue weighted by Crippen LogP contribution is -2.23. The Hall–Kier alpha value is -2.01. The van der Waals surface area contributed by atoms with Crippen LogP contribution in [0.15, 0.2) is 48.5 Å².